The first-order valence-corrected chi connectivity index (χ1v) is 9.59. The van der Waals surface area contributed by atoms with E-state index in [4.69, 9.17) is 4.74 Å². The summed E-state index contributed by atoms with van der Waals surface area (Å²) in [5.41, 5.74) is 1.71. The number of aliphatic hydroxyl groups is 1. The van der Waals surface area contributed by atoms with Crippen LogP contribution in [0.1, 0.15) is 48.8 Å². The van der Waals surface area contributed by atoms with E-state index >= 15 is 0 Å². The molecule has 1 heterocycles. The monoisotopic (exact) mass is 358 g/mol. The first-order chi connectivity index (χ1) is 12.7. The molecule has 0 radical (unpaired) electrons. The van der Waals surface area contributed by atoms with Crippen LogP contribution in [-0.4, -0.2) is 31.9 Å². The second-order valence-corrected chi connectivity index (χ2v) is 7.22. The van der Waals surface area contributed by atoms with Gasteiger partial charge in [-0.05, 0) is 48.9 Å². The van der Waals surface area contributed by atoms with Crippen molar-refractivity contribution in [3.05, 3.63) is 65.5 Å². The Balaban J connectivity index is 1.85. The summed E-state index contributed by atoms with van der Waals surface area (Å²) in [5, 5.41) is 11.1. The Bertz CT molecular complexity index is 684. The predicted molar refractivity (Wildman–Crippen MR) is 101 cm³/mol. The molecule has 0 unspecified atom stereocenters. The lowest BCUT2D eigenvalue weighted by molar-refractivity contribution is -0.901. The van der Waals surface area contributed by atoms with Gasteiger partial charge in [0.15, 0.2) is 11.6 Å². The van der Waals surface area contributed by atoms with Crippen LogP contribution in [0.5, 0.6) is 5.75 Å². The van der Waals surface area contributed by atoms with Crippen LogP contribution in [0.4, 0.5) is 4.39 Å². The molecule has 2 aromatic carbocycles. The smallest absolute Gasteiger partial charge is 0.165 e. The average molecular weight is 358 g/mol. The van der Waals surface area contributed by atoms with Crippen LogP contribution < -0.4 is 9.64 Å². The Morgan fingerprint density at radius 2 is 1.69 bits per heavy atom. The van der Waals surface area contributed by atoms with Crippen molar-refractivity contribution >= 4 is 0 Å². The van der Waals surface area contributed by atoms with E-state index in [0.717, 1.165) is 25.2 Å². The Labute approximate surface area is 155 Å². The Morgan fingerprint density at radius 1 is 1.00 bits per heavy atom. The Hall–Kier alpha value is -1.91. The van der Waals surface area contributed by atoms with Gasteiger partial charge in [0.1, 0.15) is 0 Å². The number of hydrogen-bond donors (Lipinski definition) is 2. The molecule has 140 valence electrons. The summed E-state index contributed by atoms with van der Waals surface area (Å²) in [5.74, 6) is -0.287. The van der Waals surface area contributed by atoms with Crippen molar-refractivity contribution in [2.75, 3.05) is 26.7 Å². The molecule has 0 aromatic heterocycles. The SMILES string of the molecule is COc1ccc([C@@H](O)[C@@H](C[NH+]2CCCCCC2)c2ccccc2)cc1F. The van der Waals surface area contributed by atoms with Gasteiger partial charge in [0.05, 0.1) is 38.8 Å². The molecule has 2 aromatic rings. The standard InChI is InChI=1S/C22H28FNO2/c1-26-21-12-11-18(15-20(21)23)22(25)19(17-9-5-4-6-10-17)16-24-13-7-2-3-8-14-24/h4-6,9-12,15,19,22,25H,2-3,7-8,13-14,16H2,1H3/p+1/t19-,22+/m0/s1. The fourth-order valence-corrected chi connectivity index (χ4v) is 3.95. The van der Waals surface area contributed by atoms with E-state index in [1.165, 1.54) is 43.8 Å². The summed E-state index contributed by atoms with van der Waals surface area (Å²) in [6.07, 6.45) is 4.33. The molecule has 0 saturated carbocycles. The summed E-state index contributed by atoms with van der Waals surface area (Å²) < 4.78 is 19.1. The van der Waals surface area contributed by atoms with Crippen molar-refractivity contribution in [1.29, 1.82) is 0 Å². The number of methoxy groups -OCH3 is 1. The van der Waals surface area contributed by atoms with Gasteiger partial charge < -0.3 is 14.7 Å². The molecule has 2 atom stereocenters. The quantitative estimate of drug-likeness (QED) is 0.832. The maximum absolute atomic E-state index is 14.1. The van der Waals surface area contributed by atoms with Crippen molar-refractivity contribution in [2.45, 2.75) is 37.7 Å². The van der Waals surface area contributed by atoms with Crippen molar-refractivity contribution in [1.82, 2.24) is 0 Å². The fraction of sp³-hybridized carbons (Fsp3) is 0.455. The number of hydrogen-bond acceptors (Lipinski definition) is 2. The minimum atomic E-state index is -0.742. The normalized spacial score (nSPS) is 18.1. The largest absolute Gasteiger partial charge is 0.494 e. The number of aliphatic hydroxyl groups excluding tert-OH is 1. The average Bonchev–Trinajstić information content (AvgIpc) is 2.95. The molecule has 4 heteroatoms. The first kappa shape index (κ1) is 18.9. The van der Waals surface area contributed by atoms with Crippen LogP contribution in [0.2, 0.25) is 0 Å². The van der Waals surface area contributed by atoms with Crippen LogP contribution in [-0.2, 0) is 0 Å². The minimum Gasteiger partial charge on any atom is -0.494 e. The van der Waals surface area contributed by atoms with Crippen molar-refractivity contribution in [3.63, 3.8) is 0 Å². The predicted octanol–water partition coefficient (Wildman–Crippen LogP) is 3.11. The zero-order valence-corrected chi connectivity index (χ0v) is 15.5. The van der Waals surface area contributed by atoms with Crippen LogP contribution in [0, 0.1) is 5.82 Å². The molecule has 1 saturated heterocycles. The Kier molecular flexibility index (Phi) is 6.64. The molecule has 0 bridgehead atoms. The highest BCUT2D eigenvalue weighted by Gasteiger charge is 2.28. The summed E-state index contributed by atoms with van der Waals surface area (Å²) in [4.78, 5) is 1.53. The molecule has 2 N–H and O–H groups in total. The van der Waals surface area contributed by atoms with Crippen LogP contribution >= 0.6 is 0 Å². The minimum absolute atomic E-state index is 0.0582. The third kappa shape index (κ3) is 4.63. The molecule has 0 aliphatic carbocycles. The molecule has 1 aliphatic heterocycles. The number of likely N-dealkylation sites (tertiary alicyclic amines) is 1. The highest BCUT2D eigenvalue weighted by atomic mass is 19.1. The zero-order chi connectivity index (χ0) is 18.4. The van der Waals surface area contributed by atoms with Crippen LogP contribution in [0.25, 0.3) is 0 Å². The van der Waals surface area contributed by atoms with Crippen LogP contribution in [0.15, 0.2) is 48.5 Å². The lowest BCUT2D eigenvalue weighted by Crippen LogP contribution is -3.12. The van der Waals surface area contributed by atoms with Crippen molar-refractivity contribution in [2.24, 2.45) is 0 Å². The molecule has 0 spiro atoms. The molecule has 1 aliphatic rings. The molecule has 3 nitrogen and oxygen atoms in total. The lowest BCUT2D eigenvalue weighted by atomic mass is 9.88. The number of quaternary nitrogens is 1. The maximum Gasteiger partial charge on any atom is 0.165 e. The van der Waals surface area contributed by atoms with Gasteiger partial charge in [0.25, 0.3) is 0 Å². The number of benzene rings is 2. The first-order valence-electron chi connectivity index (χ1n) is 9.59. The summed E-state index contributed by atoms with van der Waals surface area (Å²) in [7, 11) is 1.45. The van der Waals surface area contributed by atoms with Gasteiger partial charge in [-0.25, -0.2) is 4.39 Å². The molecular weight excluding hydrogens is 329 g/mol. The number of halogens is 1. The van der Waals surface area contributed by atoms with Gasteiger partial charge in [0, 0.05) is 0 Å². The van der Waals surface area contributed by atoms with Gasteiger partial charge in [-0.15, -0.1) is 0 Å². The molecule has 1 fully saturated rings. The van der Waals surface area contributed by atoms with E-state index in [9.17, 15) is 9.50 Å². The van der Waals surface area contributed by atoms with E-state index in [2.05, 4.69) is 12.1 Å². The summed E-state index contributed by atoms with van der Waals surface area (Å²) >= 11 is 0. The van der Waals surface area contributed by atoms with Gasteiger partial charge in [-0.2, -0.15) is 0 Å². The highest BCUT2D eigenvalue weighted by molar-refractivity contribution is 5.33. The van der Waals surface area contributed by atoms with E-state index in [-0.39, 0.29) is 11.7 Å². The number of rotatable bonds is 6. The second kappa shape index (κ2) is 9.15. The topological polar surface area (TPSA) is 33.9 Å². The van der Waals surface area contributed by atoms with E-state index in [0.29, 0.717) is 5.56 Å². The summed E-state index contributed by atoms with van der Waals surface area (Å²) in [6.45, 7) is 3.15. The Morgan fingerprint density at radius 3 is 2.31 bits per heavy atom. The molecule has 3 rings (SSSR count). The fourth-order valence-electron chi connectivity index (χ4n) is 3.95. The third-order valence-electron chi connectivity index (χ3n) is 5.45. The van der Waals surface area contributed by atoms with Gasteiger partial charge in [0.2, 0.25) is 0 Å². The van der Waals surface area contributed by atoms with E-state index in [1.54, 1.807) is 12.1 Å². The molecular formula is C22H29FNO2+. The number of ether oxygens (including phenoxy) is 1. The van der Waals surface area contributed by atoms with Gasteiger partial charge >= 0.3 is 0 Å². The van der Waals surface area contributed by atoms with Crippen molar-refractivity contribution in [3.8, 4) is 5.75 Å². The lowest BCUT2D eigenvalue weighted by Gasteiger charge is -2.28. The highest BCUT2D eigenvalue weighted by Crippen LogP contribution is 2.32. The molecule has 0 amide bonds. The molecule has 26 heavy (non-hydrogen) atoms. The number of nitrogens with one attached hydrogen (secondary N) is 1. The van der Waals surface area contributed by atoms with Gasteiger partial charge in [-0.3, -0.25) is 0 Å². The van der Waals surface area contributed by atoms with Crippen LogP contribution in [0.3, 0.4) is 0 Å². The van der Waals surface area contributed by atoms with Crippen molar-refractivity contribution < 1.29 is 19.1 Å². The van der Waals surface area contributed by atoms with E-state index < -0.39 is 11.9 Å². The third-order valence-corrected chi connectivity index (χ3v) is 5.45. The van der Waals surface area contributed by atoms with Gasteiger partial charge in [-0.1, -0.05) is 36.4 Å². The van der Waals surface area contributed by atoms with E-state index in [1.807, 2.05) is 18.2 Å². The second-order valence-electron chi connectivity index (χ2n) is 7.22. The summed E-state index contributed by atoms with van der Waals surface area (Å²) in [6, 6.07) is 14.9. The zero-order valence-electron chi connectivity index (χ0n) is 15.5. The maximum atomic E-state index is 14.1.